The van der Waals surface area contributed by atoms with Crippen molar-refractivity contribution in [3.8, 4) is 0 Å². The summed E-state index contributed by atoms with van der Waals surface area (Å²) >= 11 is 0. The molecule has 0 aromatic carbocycles. The smallest absolute Gasteiger partial charge is 0.307 e. The molecule has 0 aromatic rings. The first-order chi connectivity index (χ1) is 5.54. The highest BCUT2D eigenvalue weighted by atomic mass is 16.4. The second-order valence-electron chi connectivity index (χ2n) is 3.05. The van der Waals surface area contributed by atoms with Gasteiger partial charge in [0, 0.05) is 0 Å². The first-order valence-corrected chi connectivity index (χ1v) is 4.02. The Balaban J connectivity index is 4.52. The summed E-state index contributed by atoms with van der Waals surface area (Å²) in [5.74, 6) is -1.22. The Kier molecular flexibility index (Phi) is 4.34. The van der Waals surface area contributed by atoms with Gasteiger partial charge in [-0.25, -0.2) is 0 Å². The monoisotopic (exact) mass is 168 g/mol. The molecule has 2 nitrogen and oxygen atoms in total. The van der Waals surface area contributed by atoms with Crippen LogP contribution in [0, 0.1) is 17.8 Å². The van der Waals surface area contributed by atoms with E-state index in [-0.39, 0.29) is 11.8 Å². The molecule has 12 heavy (non-hydrogen) atoms. The molecule has 1 N–H and O–H groups in total. The number of carboxylic acids is 1. The van der Waals surface area contributed by atoms with Gasteiger partial charge in [0.25, 0.3) is 0 Å². The van der Waals surface area contributed by atoms with E-state index in [1.165, 1.54) is 0 Å². The second kappa shape index (κ2) is 4.75. The summed E-state index contributed by atoms with van der Waals surface area (Å²) in [6, 6.07) is 0. The molecular formula is C10H16O2. The lowest BCUT2D eigenvalue weighted by Crippen LogP contribution is -2.25. The van der Waals surface area contributed by atoms with Crippen LogP contribution in [0.1, 0.15) is 13.8 Å². The third-order valence-electron chi connectivity index (χ3n) is 2.16. The van der Waals surface area contributed by atoms with E-state index in [1.807, 2.05) is 13.8 Å². The molecule has 0 amide bonds. The molecule has 0 aliphatic carbocycles. The molecule has 0 rings (SSSR count). The van der Waals surface area contributed by atoms with Gasteiger partial charge in [-0.05, 0) is 11.8 Å². The van der Waals surface area contributed by atoms with Crippen LogP contribution >= 0.6 is 0 Å². The van der Waals surface area contributed by atoms with Crippen LogP contribution in [0.5, 0.6) is 0 Å². The van der Waals surface area contributed by atoms with Crippen molar-refractivity contribution in [1.82, 2.24) is 0 Å². The van der Waals surface area contributed by atoms with Crippen molar-refractivity contribution >= 4 is 5.97 Å². The molecule has 0 radical (unpaired) electrons. The molecule has 2 atom stereocenters. The first kappa shape index (κ1) is 11.0. The van der Waals surface area contributed by atoms with Gasteiger partial charge in [0.1, 0.15) is 0 Å². The van der Waals surface area contributed by atoms with Gasteiger partial charge in [-0.3, -0.25) is 4.79 Å². The number of aliphatic carboxylic acids is 1. The largest absolute Gasteiger partial charge is 0.481 e. The fourth-order valence-corrected chi connectivity index (χ4v) is 1.22. The molecule has 0 bridgehead atoms. The molecule has 0 unspecified atom stereocenters. The normalized spacial score (nSPS) is 15.2. The quantitative estimate of drug-likeness (QED) is 0.640. The summed E-state index contributed by atoms with van der Waals surface area (Å²) in [6.45, 7) is 10.9. The molecule has 0 aliphatic rings. The summed E-state index contributed by atoms with van der Waals surface area (Å²) < 4.78 is 0. The molecular weight excluding hydrogens is 152 g/mol. The molecule has 0 aliphatic heterocycles. The summed E-state index contributed by atoms with van der Waals surface area (Å²) in [6.07, 6.45) is 3.33. The zero-order valence-corrected chi connectivity index (χ0v) is 7.66. The number of carbonyl (C=O) groups is 1. The third-order valence-corrected chi connectivity index (χ3v) is 2.16. The maximum atomic E-state index is 10.8. The van der Waals surface area contributed by atoms with Crippen LogP contribution in [0.4, 0.5) is 0 Å². The van der Waals surface area contributed by atoms with E-state index in [4.69, 9.17) is 5.11 Å². The predicted molar refractivity (Wildman–Crippen MR) is 49.8 cm³/mol. The van der Waals surface area contributed by atoms with Gasteiger partial charge < -0.3 is 5.11 Å². The number of carboxylic acid groups (broad SMARTS) is 1. The lowest BCUT2D eigenvalue weighted by Gasteiger charge is -2.20. The molecule has 2 heteroatoms. The Morgan fingerprint density at radius 3 is 1.75 bits per heavy atom. The Hall–Kier alpha value is -1.05. The number of allylic oxidation sites excluding steroid dienone is 2. The Bertz CT molecular complexity index is 170. The average Bonchev–Trinajstić information content (AvgIpc) is 2.03. The number of rotatable bonds is 5. The van der Waals surface area contributed by atoms with Crippen LogP contribution in [0.15, 0.2) is 25.3 Å². The third kappa shape index (κ3) is 2.53. The Morgan fingerprint density at radius 2 is 1.58 bits per heavy atom. The predicted octanol–water partition coefficient (Wildman–Crippen LogP) is 2.33. The van der Waals surface area contributed by atoms with Gasteiger partial charge in [-0.1, -0.05) is 26.0 Å². The SMILES string of the molecule is C=C[C@H](C)C(C(=O)O)[C@@H](C)C=C. The van der Waals surface area contributed by atoms with Gasteiger partial charge in [-0.2, -0.15) is 0 Å². The van der Waals surface area contributed by atoms with E-state index in [1.54, 1.807) is 12.2 Å². The highest BCUT2D eigenvalue weighted by molar-refractivity contribution is 5.71. The highest BCUT2D eigenvalue weighted by Crippen LogP contribution is 2.22. The maximum Gasteiger partial charge on any atom is 0.307 e. The number of hydrogen-bond donors (Lipinski definition) is 1. The standard InChI is InChI=1S/C10H16O2/c1-5-7(3)9(10(11)12)8(4)6-2/h5-9H,1-2H2,3-4H3,(H,11,12)/t7-,8-/m0/s1. The molecule has 0 saturated heterocycles. The van der Waals surface area contributed by atoms with Crippen molar-refractivity contribution in [2.24, 2.45) is 17.8 Å². The minimum atomic E-state index is -0.783. The molecule has 0 fully saturated rings. The van der Waals surface area contributed by atoms with Gasteiger partial charge in [-0.15, -0.1) is 13.2 Å². The van der Waals surface area contributed by atoms with Gasteiger partial charge >= 0.3 is 5.97 Å². The van der Waals surface area contributed by atoms with E-state index < -0.39 is 11.9 Å². The first-order valence-electron chi connectivity index (χ1n) is 4.02. The summed E-state index contributed by atoms with van der Waals surface area (Å²) in [7, 11) is 0. The van der Waals surface area contributed by atoms with Crippen LogP contribution < -0.4 is 0 Å². The van der Waals surface area contributed by atoms with Crippen molar-refractivity contribution in [2.75, 3.05) is 0 Å². The van der Waals surface area contributed by atoms with Crippen LogP contribution in [0.2, 0.25) is 0 Å². The minimum absolute atomic E-state index is 0.0181. The lowest BCUT2D eigenvalue weighted by atomic mass is 9.83. The van der Waals surface area contributed by atoms with Crippen molar-refractivity contribution in [3.63, 3.8) is 0 Å². The molecule has 0 aromatic heterocycles. The van der Waals surface area contributed by atoms with E-state index in [2.05, 4.69) is 13.2 Å². The molecule has 0 spiro atoms. The fourth-order valence-electron chi connectivity index (χ4n) is 1.22. The minimum Gasteiger partial charge on any atom is -0.481 e. The van der Waals surface area contributed by atoms with Crippen LogP contribution in [0.25, 0.3) is 0 Å². The summed E-state index contributed by atoms with van der Waals surface area (Å²) in [5.41, 5.74) is 0. The molecule has 0 heterocycles. The Morgan fingerprint density at radius 1 is 1.25 bits per heavy atom. The fraction of sp³-hybridized carbons (Fsp3) is 0.500. The van der Waals surface area contributed by atoms with Crippen LogP contribution in [-0.4, -0.2) is 11.1 Å². The van der Waals surface area contributed by atoms with Crippen molar-refractivity contribution < 1.29 is 9.90 Å². The maximum absolute atomic E-state index is 10.8. The molecule has 0 saturated carbocycles. The van der Waals surface area contributed by atoms with Crippen LogP contribution in [-0.2, 0) is 4.79 Å². The topological polar surface area (TPSA) is 37.3 Å². The zero-order valence-electron chi connectivity index (χ0n) is 7.66. The zero-order chi connectivity index (χ0) is 9.72. The van der Waals surface area contributed by atoms with Crippen molar-refractivity contribution in [3.05, 3.63) is 25.3 Å². The van der Waals surface area contributed by atoms with E-state index in [0.717, 1.165) is 0 Å². The van der Waals surface area contributed by atoms with Crippen molar-refractivity contribution in [1.29, 1.82) is 0 Å². The Labute approximate surface area is 73.6 Å². The van der Waals surface area contributed by atoms with Gasteiger partial charge in [0.15, 0.2) is 0 Å². The highest BCUT2D eigenvalue weighted by Gasteiger charge is 2.26. The summed E-state index contributed by atoms with van der Waals surface area (Å²) in [4.78, 5) is 10.8. The lowest BCUT2D eigenvalue weighted by molar-refractivity contribution is -0.144. The second-order valence-corrected chi connectivity index (χ2v) is 3.05. The van der Waals surface area contributed by atoms with E-state index >= 15 is 0 Å². The van der Waals surface area contributed by atoms with Crippen LogP contribution in [0.3, 0.4) is 0 Å². The van der Waals surface area contributed by atoms with Gasteiger partial charge in [0.05, 0.1) is 5.92 Å². The van der Waals surface area contributed by atoms with E-state index in [0.29, 0.717) is 0 Å². The van der Waals surface area contributed by atoms with Gasteiger partial charge in [0.2, 0.25) is 0 Å². The van der Waals surface area contributed by atoms with Crippen molar-refractivity contribution in [2.45, 2.75) is 13.8 Å². The number of hydrogen-bond acceptors (Lipinski definition) is 1. The average molecular weight is 168 g/mol. The van der Waals surface area contributed by atoms with E-state index in [9.17, 15) is 4.79 Å². The molecule has 68 valence electrons. The summed E-state index contributed by atoms with van der Waals surface area (Å²) in [5, 5.41) is 8.88.